The summed E-state index contributed by atoms with van der Waals surface area (Å²) < 4.78 is 1.55. The summed E-state index contributed by atoms with van der Waals surface area (Å²) >= 11 is 0. The molecular formula is C11H19N5O. The van der Waals surface area contributed by atoms with Gasteiger partial charge in [0.15, 0.2) is 5.69 Å². The molecule has 0 unspecified atom stereocenters. The highest BCUT2D eigenvalue weighted by molar-refractivity contribution is 5.92. The van der Waals surface area contributed by atoms with Crippen LogP contribution in [0.1, 0.15) is 24.3 Å². The second-order valence-electron chi connectivity index (χ2n) is 4.70. The fraction of sp³-hybridized carbons (Fsp3) is 0.727. The molecule has 1 amide bonds. The Balaban J connectivity index is 1.95. The van der Waals surface area contributed by atoms with Crippen LogP contribution >= 0.6 is 0 Å². The molecule has 0 aromatic carbocycles. The minimum atomic E-state index is -0.0125. The summed E-state index contributed by atoms with van der Waals surface area (Å²) in [5.74, 6) is -0.0125. The minimum absolute atomic E-state index is 0.0125. The Hall–Kier alpha value is -1.43. The van der Waals surface area contributed by atoms with Gasteiger partial charge in [0.1, 0.15) is 0 Å². The molecule has 0 spiro atoms. The Labute approximate surface area is 101 Å². The van der Waals surface area contributed by atoms with Gasteiger partial charge in [-0.15, -0.1) is 5.10 Å². The van der Waals surface area contributed by atoms with E-state index < -0.39 is 0 Å². The number of amides is 1. The van der Waals surface area contributed by atoms with Crippen molar-refractivity contribution in [3.05, 3.63) is 11.9 Å². The molecule has 0 aliphatic carbocycles. The predicted octanol–water partition coefficient (Wildman–Crippen LogP) is -0.0187. The number of rotatable bonds is 2. The number of piperazine rings is 1. The quantitative estimate of drug-likeness (QED) is 0.725. The highest BCUT2D eigenvalue weighted by Crippen LogP contribution is 2.08. The molecule has 2 rings (SSSR count). The van der Waals surface area contributed by atoms with E-state index in [1.165, 1.54) is 0 Å². The lowest BCUT2D eigenvalue weighted by molar-refractivity contribution is 0.0590. The SMILES string of the molecule is CC(C)N1CCN(C(=O)c2cn(C)nn2)CC1. The van der Waals surface area contributed by atoms with Crippen LogP contribution in [0.4, 0.5) is 0 Å². The summed E-state index contributed by atoms with van der Waals surface area (Å²) in [5, 5.41) is 7.64. The topological polar surface area (TPSA) is 54.3 Å². The molecule has 17 heavy (non-hydrogen) atoms. The maximum atomic E-state index is 12.1. The highest BCUT2D eigenvalue weighted by atomic mass is 16.2. The van der Waals surface area contributed by atoms with E-state index in [-0.39, 0.29) is 5.91 Å². The number of hydrogen-bond acceptors (Lipinski definition) is 4. The minimum Gasteiger partial charge on any atom is -0.335 e. The van der Waals surface area contributed by atoms with Crippen LogP contribution in [0.3, 0.4) is 0 Å². The van der Waals surface area contributed by atoms with Gasteiger partial charge < -0.3 is 4.90 Å². The van der Waals surface area contributed by atoms with Gasteiger partial charge in [0, 0.05) is 39.3 Å². The fourth-order valence-electron chi connectivity index (χ4n) is 2.05. The maximum absolute atomic E-state index is 12.1. The zero-order valence-corrected chi connectivity index (χ0v) is 10.6. The fourth-order valence-corrected chi connectivity index (χ4v) is 2.05. The lowest BCUT2D eigenvalue weighted by Crippen LogP contribution is -2.50. The molecule has 0 atom stereocenters. The number of carbonyl (C=O) groups excluding carboxylic acids is 1. The predicted molar refractivity (Wildman–Crippen MR) is 63.6 cm³/mol. The molecule has 0 saturated carbocycles. The third-order valence-electron chi connectivity index (χ3n) is 3.15. The van der Waals surface area contributed by atoms with E-state index in [1.807, 2.05) is 4.90 Å². The number of aromatic nitrogens is 3. The lowest BCUT2D eigenvalue weighted by Gasteiger charge is -2.36. The first-order valence-electron chi connectivity index (χ1n) is 5.97. The number of aryl methyl sites for hydroxylation is 1. The summed E-state index contributed by atoms with van der Waals surface area (Å²) in [4.78, 5) is 16.3. The third-order valence-corrected chi connectivity index (χ3v) is 3.15. The number of hydrogen-bond donors (Lipinski definition) is 0. The Kier molecular flexibility index (Phi) is 3.42. The van der Waals surface area contributed by atoms with Gasteiger partial charge in [-0.3, -0.25) is 14.4 Å². The zero-order chi connectivity index (χ0) is 12.4. The molecule has 1 fully saturated rings. The first-order valence-corrected chi connectivity index (χ1v) is 5.97. The molecule has 6 heteroatoms. The molecule has 94 valence electrons. The van der Waals surface area contributed by atoms with E-state index in [9.17, 15) is 4.79 Å². The molecule has 1 aliphatic rings. The molecule has 1 aromatic heterocycles. The van der Waals surface area contributed by atoms with Crippen LogP contribution < -0.4 is 0 Å². The standard InChI is InChI=1S/C11H19N5O/c1-9(2)15-4-6-16(7-5-15)11(17)10-8-14(3)13-12-10/h8-9H,4-7H2,1-3H3. The lowest BCUT2D eigenvalue weighted by atomic mass is 10.2. The Morgan fingerprint density at radius 1 is 1.29 bits per heavy atom. The van der Waals surface area contributed by atoms with Crippen LogP contribution in [0.5, 0.6) is 0 Å². The monoisotopic (exact) mass is 237 g/mol. The normalized spacial score (nSPS) is 17.8. The Bertz CT molecular complexity index is 392. The van der Waals surface area contributed by atoms with E-state index in [0.29, 0.717) is 11.7 Å². The van der Waals surface area contributed by atoms with Gasteiger partial charge in [-0.2, -0.15) is 0 Å². The maximum Gasteiger partial charge on any atom is 0.276 e. The van der Waals surface area contributed by atoms with Crippen molar-refractivity contribution < 1.29 is 4.79 Å². The first-order chi connectivity index (χ1) is 8.08. The summed E-state index contributed by atoms with van der Waals surface area (Å²) in [6.45, 7) is 7.77. The summed E-state index contributed by atoms with van der Waals surface area (Å²) in [6, 6.07) is 0.545. The van der Waals surface area contributed by atoms with E-state index in [1.54, 1.807) is 17.9 Å². The molecule has 1 saturated heterocycles. The smallest absolute Gasteiger partial charge is 0.276 e. The van der Waals surface area contributed by atoms with Crippen LogP contribution in [0.25, 0.3) is 0 Å². The van der Waals surface area contributed by atoms with Crippen LogP contribution in [0, 0.1) is 0 Å². The molecule has 6 nitrogen and oxygen atoms in total. The molecular weight excluding hydrogens is 218 g/mol. The van der Waals surface area contributed by atoms with Gasteiger partial charge >= 0.3 is 0 Å². The Morgan fingerprint density at radius 2 is 1.94 bits per heavy atom. The van der Waals surface area contributed by atoms with Crippen molar-refractivity contribution in [1.29, 1.82) is 0 Å². The van der Waals surface area contributed by atoms with Crippen molar-refractivity contribution in [3.63, 3.8) is 0 Å². The van der Waals surface area contributed by atoms with Gasteiger partial charge in [-0.1, -0.05) is 5.21 Å². The van der Waals surface area contributed by atoms with Gasteiger partial charge in [-0.25, -0.2) is 0 Å². The van der Waals surface area contributed by atoms with Crippen molar-refractivity contribution >= 4 is 5.91 Å². The second kappa shape index (κ2) is 4.83. The largest absolute Gasteiger partial charge is 0.335 e. The van der Waals surface area contributed by atoms with E-state index in [0.717, 1.165) is 26.2 Å². The third kappa shape index (κ3) is 2.63. The van der Waals surface area contributed by atoms with Gasteiger partial charge in [0.05, 0.1) is 6.20 Å². The average Bonchev–Trinajstić information content (AvgIpc) is 2.75. The van der Waals surface area contributed by atoms with Gasteiger partial charge in [0.2, 0.25) is 0 Å². The van der Waals surface area contributed by atoms with Crippen molar-refractivity contribution in [1.82, 2.24) is 24.8 Å². The van der Waals surface area contributed by atoms with Crippen LogP contribution in [-0.4, -0.2) is 62.9 Å². The average molecular weight is 237 g/mol. The summed E-state index contributed by atoms with van der Waals surface area (Å²) in [6.07, 6.45) is 1.66. The number of nitrogens with zero attached hydrogens (tertiary/aromatic N) is 5. The Morgan fingerprint density at radius 3 is 2.41 bits per heavy atom. The van der Waals surface area contributed by atoms with E-state index in [4.69, 9.17) is 0 Å². The van der Waals surface area contributed by atoms with Crippen LogP contribution in [0.2, 0.25) is 0 Å². The van der Waals surface area contributed by atoms with Crippen LogP contribution in [-0.2, 0) is 7.05 Å². The van der Waals surface area contributed by atoms with Gasteiger partial charge in [-0.05, 0) is 13.8 Å². The summed E-state index contributed by atoms with van der Waals surface area (Å²) in [5.41, 5.74) is 0.436. The van der Waals surface area contributed by atoms with E-state index in [2.05, 4.69) is 29.1 Å². The molecule has 1 aromatic rings. The van der Waals surface area contributed by atoms with E-state index >= 15 is 0 Å². The van der Waals surface area contributed by atoms with Crippen molar-refractivity contribution in [3.8, 4) is 0 Å². The van der Waals surface area contributed by atoms with Crippen LogP contribution in [0.15, 0.2) is 6.20 Å². The molecule has 1 aliphatic heterocycles. The molecule has 2 heterocycles. The van der Waals surface area contributed by atoms with Crippen molar-refractivity contribution in [2.24, 2.45) is 7.05 Å². The van der Waals surface area contributed by atoms with Gasteiger partial charge in [0.25, 0.3) is 5.91 Å². The molecule has 0 N–H and O–H groups in total. The second-order valence-corrected chi connectivity index (χ2v) is 4.70. The highest BCUT2D eigenvalue weighted by Gasteiger charge is 2.24. The number of carbonyl (C=O) groups is 1. The molecule has 0 radical (unpaired) electrons. The first kappa shape index (κ1) is 12.0. The zero-order valence-electron chi connectivity index (χ0n) is 10.6. The van der Waals surface area contributed by atoms with Crippen molar-refractivity contribution in [2.75, 3.05) is 26.2 Å². The molecule has 0 bridgehead atoms. The summed E-state index contributed by atoms with van der Waals surface area (Å²) in [7, 11) is 1.76. The van der Waals surface area contributed by atoms with Crippen molar-refractivity contribution in [2.45, 2.75) is 19.9 Å².